The van der Waals surface area contributed by atoms with Gasteiger partial charge in [-0.05, 0) is 6.42 Å². The second-order valence-electron chi connectivity index (χ2n) is 3.95. The number of rotatable bonds is 8. The normalized spacial score (nSPS) is 12.0. The zero-order valence-electron chi connectivity index (χ0n) is 11.2. The highest BCUT2D eigenvalue weighted by Crippen LogP contribution is 2.07. The van der Waals surface area contributed by atoms with Crippen molar-refractivity contribution in [1.29, 1.82) is 0 Å². The van der Waals surface area contributed by atoms with Gasteiger partial charge in [0.05, 0.1) is 20.1 Å². The first-order valence-electron chi connectivity index (χ1n) is 5.91. The molecule has 0 aliphatic rings. The molecule has 1 amide bonds. The Kier molecular flexibility index (Phi) is 8.40. The highest BCUT2D eigenvalue weighted by atomic mass is 16.5. The number of hydrogen-bond donors (Lipinski definition) is 0. The third-order valence-corrected chi connectivity index (χ3v) is 2.72. The molecule has 0 bridgehead atoms. The molecule has 100 valence electrons. The smallest absolute Gasteiger partial charge is 0.307 e. The van der Waals surface area contributed by atoms with Crippen LogP contribution in [0.4, 0.5) is 0 Å². The third kappa shape index (κ3) is 6.26. The summed E-state index contributed by atoms with van der Waals surface area (Å²) in [6, 6.07) is 0. The number of carbonyl (C=O) groups is 2. The van der Waals surface area contributed by atoms with Gasteiger partial charge in [0, 0.05) is 26.1 Å². The molecule has 0 saturated carbocycles. The molecule has 0 N–H and O–H groups in total. The number of ether oxygens (including phenoxy) is 2. The van der Waals surface area contributed by atoms with E-state index in [9.17, 15) is 9.59 Å². The maximum absolute atomic E-state index is 12.0. The van der Waals surface area contributed by atoms with Crippen LogP contribution < -0.4 is 0 Å². The van der Waals surface area contributed by atoms with E-state index < -0.39 is 0 Å². The zero-order valence-corrected chi connectivity index (χ0v) is 11.2. The second kappa shape index (κ2) is 8.98. The molecule has 0 radical (unpaired) electrons. The van der Waals surface area contributed by atoms with E-state index in [1.807, 2.05) is 13.8 Å². The minimum absolute atomic E-state index is 0.0236. The van der Waals surface area contributed by atoms with Crippen molar-refractivity contribution >= 4 is 11.9 Å². The van der Waals surface area contributed by atoms with E-state index in [-0.39, 0.29) is 24.2 Å². The Bertz CT molecular complexity index is 243. The largest absolute Gasteiger partial charge is 0.469 e. The highest BCUT2D eigenvalue weighted by molar-refractivity contribution is 5.79. The molecule has 0 aromatic carbocycles. The van der Waals surface area contributed by atoms with Gasteiger partial charge in [0.25, 0.3) is 0 Å². The second-order valence-corrected chi connectivity index (χ2v) is 3.95. The van der Waals surface area contributed by atoms with E-state index in [0.29, 0.717) is 19.7 Å². The Labute approximate surface area is 103 Å². The lowest BCUT2D eigenvalue weighted by Gasteiger charge is -2.24. The number of hydrogen-bond acceptors (Lipinski definition) is 4. The van der Waals surface area contributed by atoms with Crippen LogP contribution in [-0.2, 0) is 19.1 Å². The van der Waals surface area contributed by atoms with Crippen molar-refractivity contribution in [2.45, 2.75) is 26.7 Å². The van der Waals surface area contributed by atoms with Crippen LogP contribution in [0.3, 0.4) is 0 Å². The lowest BCUT2D eigenvalue weighted by Crippen LogP contribution is -2.38. The highest BCUT2D eigenvalue weighted by Gasteiger charge is 2.19. The van der Waals surface area contributed by atoms with Gasteiger partial charge in [-0.1, -0.05) is 13.8 Å². The Morgan fingerprint density at radius 1 is 1.24 bits per heavy atom. The number of nitrogens with zero attached hydrogens (tertiary/aromatic N) is 1. The number of carbonyl (C=O) groups excluding carboxylic acids is 2. The molecule has 0 aliphatic heterocycles. The van der Waals surface area contributed by atoms with Crippen LogP contribution in [0.25, 0.3) is 0 Å². The molecule has 5 nitrogen and oxygen atoms in total. The lowest BCUT2D eigenvalue weighted by atomic mass is 10.1. The van der Waals surface area contributed by atoms with Crippen LogP contribution in [-0.4, -0.2) is 50.7 Å². The average molecular weight is 245 g/mol. The predicted molar refractivity (Wildman–Crippen MR) is 64.5 cm³/mol. The Balaban J connectivity index is 4.31. The Hall–Kier alpha value is -1.10. The van der Waals surface area contributed by atoms with Gasteiger partial charge in [0.2, 0.25) is 5.91 Å². The first-order chi connectivity index (χ1) is 8.06. The molecular weight excluding hydrogens is 222 g/mol. The molecule has 0 rings (SSSR count). The Morgan fingerprint density at radius 2 is 1.88 bits per heavy atom. The van der Waals surface area contributed by atoms with E-state index >= 15 is 0 Å². The topological polar surface area (TPSA) is 55.8 Å². The van der Waals surface area contributed by atoms with Gasteiger partial charge in [-0.3, -0.25) is 9.59 Å². The van der Waals surface area contributed by atoms with Gasteiger partial charge < -0.3 is 14.4 Å². The van der Waals surface area contributed by atoms with Gasteiger partial charge in [-0.15, -0.1) is 0 Å². The summed E-state index contributed by atoms with van der Waals surface area (Å²) in [7, 11) is 2.94. The van der Waals surface area contributed by atoms with Crippen LogP contribution in [0.1, 0.15) is 26.7 Å². The van der Waals surface area contributed by atoms with Crippen LogP contribution in [0.5, 0.6) is 0 Å². The van der Waals surface area contributed by atoms with Gasteiger partial charge in [-0.25, -0.2) is 0 Å². The lowest BCUT2D eigenvalue weighted by molar-refractivity contribution is -0.142. The van der Waals surface area contributed by atoms with Crippen molar-refractivity contribution in [2.24, 2.45) is 5.92 Å². The molecule has 0 aromatic heterocycles. The first kappa shape index (κ1) is 15.9. The number of esters is 1. The minimum atomic E-state index is -0.302. The molecule has 1 unspecified atom stereocenters. The fourth-order valence-corrected chi connectivity index (χ4v) is 1.35. The fraction of sp³-hybridized carbons (Fsp3) is 0.833. The van der Waals surface area contributed by atoms with E-state index in [0.717, 1.165) is 6.42 Å². The van der Waals surface area contributed by atoms with E-state index in [1.54, 1.807) is 12.0 Å². The van der Waals surface area contributed by atoms with Crippen LogP contribution in [0.15, 0.2) is 0 Å². The van der Waals surface area contributed by atoms with Gasteiger partial charge in [-0.2, -0.15) is 0 Å². The molecule has 0 spiro atoms. The van der Waals surface area contributed by atoms with Crippen molar-refractivity contribution in [3.63, 3.8) is 0 Å². The maximum atomic E-state index is 12.0. The molecule has 5 heteroatoms. The molecule has 0 aliphatic carbocycles. The number of methoxy groups -OCH3 is 2. The summed E-state index contributed by atoms with van der Waals surface area (Å²) in [4.78, 5) is 24.7. The maximum Gasteiger partial charge on any atom is 0.307 e. The van der Waals surface area contributed by atoms with Crippen molar-refractivity contribution in [3.8, 4) is 0 Å². The number of amides is 1. The molecule has 0 saturated heterocycles. The fourth-order valence-electron chi connectivity index (χ4n) is 1.35. The molecule has 0 fully saturated rings. The summed E-state index contributed by atoms with van der Waals surface area (Å²) in [6.45, 7) is 5.23. The van der Waals surface area contributed by atoms with Crippen molar-refractivity contribution in [3.05, 3.63) is 0 Å². The van der Waals surface area contributed by atoms with E-state index in [1.165, 1.54) is 7.11 Å². The molecular formula is C12H23NO4. The molecule has 1 atom stereocenters. The summed E-state index contributed by atoms with van der Waals surface area (Å²) >= 11 is 0. The van der Waals surface area contributed by atoms with Gasteiger partial charge >= 0.3 is 5.97 Å². The molecule has 0 aromatic rings. The summed E-state index contributed by atoms with van der Waals surface area (Å²) in [5.74, 6) is -0.262. The quantitative estimate of drug-likeness (QED) is 0.600. The molecule has 17 heavy (non-hydrogen) atoms. The Morgan fingerprint density at radius 3 is 2.35 bits per heavy atom. The van der Waals surface area contributed by atoms with Crippen molar-refractivity contribution < 1.29 is 19.1 Å². The first-order valence-corrected chi connectivity index (χ1v) is 5.91. The summed E-state index contributed by atoms with van der Waals surface area (Å²) < 4.78 is 9.52. The van der Waals surface area contributed by atoms with E-state index in [2.05, 4.69) is 4.74 Å². The van der Waals surface area contributed by atoms with Gasteiger partial charge in [0.15, 0.2) is 0 Å². The average Bonchev–Trinajstić information content (AvgIpc) is 2.36. The van der Waals surface area contributed by atoms with E-state index in [4.69, 9.17) is 4.74 Å². The predicted octanol–water partition coefficient (Wildman–Crippen LogP) is 1.07. The van der Waals surface area contributed by atoms with Gasteiger partial charge in [0.1, 0.15) is 0 Å². The van der Waals surface area contributed by atoms with Crippen molar-refractivity contribution in [2.75, 3.05) is 33.9 Å². The zero-order chi connectivity index (χ0) is 13.3. The van der Waals surface area contributed by atoms with Crippen LogP contribution >= 0.6 is 0 Å². The standard InChI is InChI=1S/C12H23NO4/c1-5-10(2)12(15)13(8-9-16-3)7-6-11(14)17-4/h10H,5-9H2,1-4H3. The summed E-state index contributed by atoms with van der Waals surface area (Å²) in [6.07, 6.45) is 1.02. The SMILES string of the molecule is CCC(C)C(=O)N(CCOC)CCC(=O)OC. The van der Waals surface area contributed by atoms with Crippen molar-refractivity contribution in [1.82, 2.24) is 4.90 Å². The monoisotopic (exact) mass is 245 g/mol. The van der Waals surface area contributed by atoms with Crippen LogP contribution in [0.2, 0.25) is 0 Å². The molecule has 0 heterocycles. The summed E-state index contributed by atoms with van der Waals surface area (Å²) in [5.41, 5.74) is 0. The third-order valence-electron chi connectivity index (χ3n) is 2.72. The summed E-state index contributed by atoms with van der Waals surface area (Å²) in [5, 5.41) is 0. The van der Waals surface area contributed by atoms with Crippen LogP contribution in [0, 0.1) is 5.92 Å². The minimum Gasteiger partial charge on any atom is -0.469 e.